The van der Waals surface area contributed by atoms with Gasteiger partial charge in [0.15, 0.2) is 0 Å². The first-order valence-electron chi connectivity index (χ1n) is 9.54. The number of nitrogens with one attached hydrogen (secondary N) is 1. The Balaban J connectivity index is 1.70. The van der Waals surface area contributed by atoms with E-state index >= 15 is 0 Å². The maximum atomic E-state index is 14.2. The lowest BCUT2D eigenvalue weighted by Gasteiger charge is -2.12. The van der Waals surface area contributed by atoms with E-state index in [1.165, 1.54) is 6.07 Å². The first kappa shape index (κ1) is 18.7. The zero-order valence-corrected chi connectivity index (χ0v) is 15.5. The average molecular weight is 382 g/mol. The van der Waals surface area contributed by atoms with Gasteiger partial charge in [-0.15, -0.1) is 0 Å². The molecule has 146 valence electrons. The summed E-state index contributed by atoms with van der Waals surface area (Å²) in [6.45, 7) is 2.06. The maximum Gasteiger partial charge on any atom is 0.352 e. The van der Waals surface area contributed by atoms with Gasteiger partial charge in [0.1, 0.15) is 11.5 Å². The van der Waals surface area contributed by atoms with E-state index in [1.54, 1.807) is 22.8 Å². The third kappa shape index (κ3) is 3.66. The van der Waals surface area contributed by atoms with Crippen LogP contribution < -0.4 is 5.32 Å². The van der Waals surface area contributed by atoms with Gasteiger partial charge in [0.2, 0.25) is 0 Å². The van der Waals surface area contributed by atoms with E-state index in [1.807, 2.05) is 24.3 Å². The van der Waals surface area contributed by atoms with Crippen LogP contribution in [-0.2, 0) is 17.8 Å². The molecule has 0 bridgehead atoms. The molecule has 0 radical (unpaired) electrons. The summed E-state index contributed by atoms with van der Waals surface area (Å²) in [6.07, 6.45) is 2.27. The zero-order chi connectivity index (χ0) is 19.5. The number of hydrogen-bond donors (Lipinski definition) is 2. The van der Waals surface area contributed by atoms with Crippen molar-refractivity contribution in [3.63, 3.8) is 0 Å². The number of carbonyl (C=O) groups is 1. The lowest BCUT2D eigenvalue weighted by atomic mass is 10.1. The number of halogens is 1. The molecule has 1 saturated heterocycles. The fourth-order valence-electron chi connectivity index (χ4n) is 3.92. The van der Waals surface area contributed by atoms with Crippen LogP contribution in [-0.4, -0.2) is 34.9 Å². The Kier molecular flexibility index (Phi) is 5.41. The van der Waals surface area contributed by atoms with Gasteiger partial charge in [0.25, 0.3) is 0 Å². The number of aromatic nitrogens is 1. The van der Waals surface area contributed by atoms with Gasteiger partial charge in [0.05, 0.1) is 12.6 Å². The van der Waals surface area contributed by atoms with Crippen molar-refractivity contribution in [2.24, 2.45) is 0 Å². The Morgan fingerprint density at radius 1 is 1.21 bits per heavy atom. The van der Waals surface area contributed by atoms with Crippen molar-refractivity contribution >= 4 is 16.9 Å². The number of carboxylic acids is 1. The molecule has 1 fully saturated rings. The summed E-state index contributed by atoms with van der Waals surface area (Å²) in [7, 11) is 0. The minimum atomic E-state index is -1.01. The Hall–Kier alpha value is -2.70. The fraction of sp³-hybridized carbons (Fsp3) is 0.318. The monoisotopic (exact) mass is 382 g/mol. The summed E-state index contributed by atoms with van der Waals surface area (Å²) in [6, 6.07) is 14.0. The number of aromatic carboxylic acids is 1. The minimum Gasteiger partial charge on any atom is -0.477 e. The number of hydrogen-bond acceptors (Lipinski definition) is 3. The smallest absolute Gasteiger partial charge is 0.352 e. The van der Waals surface area contributed by atoms with E-state index in [9.17, 15) is 14.3 Å². The number of nitrogens with zero attached hydrogens (tertiary/aromatic N) is 1. The van der Waals surface area contributed by atoms with E-state index in [0.29, 0.717) is 18.7 Å². The van der Waals surface area contributed by atoms with Crippen LogP contribution in [0.2, 0.25) is 0 Å². The molecule has 28 heavy (non-hydrogen) atoms. The molecule has 2 aromatic carbocycles. The highest BCUT2D eigenvalue weighted by Crippen LogP contribution is 2.28. The van der Waals surface area contributed by atoms with E-state index in [0.717, 1.165) is 35.9 Å². The van der Waals surface area contributed by atoms with E-state index in [4.69, 9.17) is 4.74 Å². The van der Waals surface area contributed by atoms with Crippen molar-refractivity contribution in [3.8, 4) is 0 Å². The Morgan fingerprint density at radius 3 is 2.75 bits per heavy atom. The van der Waals surface area contributed by atoms with E-state index in [2.05, 4.69) is 5.32 Å². The van der Waals surface area contributed by atoms with Crippen LogP contribution in [0, 0.1) is 5.82 Å². The number of carboxylic acid groups (broad SMARTS) is 1. The third-order valence-electron chi connectivity index (χ3n) is 5.26. The fourth-order valence-corrected chi connectivity index (χ4v) is 3.92. The molecule has 5 nitrogen and oxygen atoms in total. The van der Waals surface area contributed by atoms with Crippen LogP contribution >= 0.6 is 0 Å². The predicted octanol–water partition coefficient (Wildman–Crippen LogP) is 3.80. The van der Waals surface area contributed by atoms with Crippen molar-refractivity contribution in [3.05, 3.63) is 71.2 Å². The van der Waals surface area contributed by atoms with Gasteiger partial charge >= 0.3 is 5.97 Å². The van der Waals surface area contributed by atoms with Gasteiger partial charge in [-0.25, -0.2) is 9.18 Å². The summed E-state index contributed by atoms with van der Waals surface area (Å²) in [5.74, 6) is -1.35. The van der Waals surface area contributed by atoms with Crippen LogP contribution in [0.15, 0.2) is 48.5 Å². The lowest BCUT2D eigenvalue weighted by molar-refractivity contribution is 0.0684. The summed E-state index contributed by atoms with van der Waals surface area (Å²) >= 11 is 0. The van der Waals surface area contributed by atoms with Gasteiger partial charge in [-0.2, -0.15) is 0 Å². The molecule has 6 heteroatoms. The molecular formula is C22H23FN2O3. The van der Waals surface area contributed by atoms with Crippen LogP contribution in [0.3, 0.4) is 0 Å². The largest absolute Gasteiger partial charge is 0.477 e. The van der Waals surface area contributed by atoms with Crippen molar-refractivity contribution in [1.82, 2.24) is 9.88 Å². The Bertz CT molecular complexity index is 993. The highest BCUT2D eigenvalue weighted by atomic mass is 19.1. The van der Waals surface area contributed by atoms with Crippen molar-refractivity contribution in [2.45, 2.75) is 32.0 Å². The van der Waals surface area contributed by atoms with Crippen molar-refractivity contribution < 1.29 is 19.0 Å². The van der Waals surface area contributed by atoms with Gasteiger partial charge in [-0.1, -0.05) is 36.4 Å². The van der Waals surface area contributed by atoms with Gasteiger partial charge in [0, 0.05) is 41.7 Å². The lowest BCUT2D eigenvalue weighted by Crippen LogP contribution is -2.26. The molecule has 1 aromatic heterocycles. The molecule has 2 heterocycles. The maximum absolute atomic E-state index is 14.2. The third-order valence-corrected chi connectivity index (χ3v) is 5.26. The molecule has 0 spiro atoms. The van der Waals surface area contributed by atoms with Crippen LogP contribution in [0.25, 0.3) is 10.9 Å². The first-order chi connectivity index (χ1) is 13.6. The van der Waals surface area contributed by atoms with Crippen LogP contribution in [0.4, 0.5) is 4.39 Å². The van der Waals surface area contributed by atoms with Crippen LogP contribution in [0.5, 0.6) is 0 Å². The molecule has 1 aliphatic rings. The normalized spacial score (nSPS) is 16.7. The predicted molar refractivity (Wildman–Crippen MR) is 105 cm³/mol. The quantitative estimate of drug-likeness (QED) is 0.653. The Morgan fingerprint density at radius 2 is 2.00 bits per heavy atom. The highest BCUT2D eigenvalue weighted by Gasteiger charge is 2.23. The minimum absolute atomic E-state index is 0.167. The van der Waals surface area contributed by atoms with Gasteiger partial charge in [-0.05, 0) is 25.0 Å². The molecule has 0 aliphatic carbocycles. The molecule has 0 saturated carbocycles. The second-order valence-corrected chi connectivity index (χ2v) is 7.09. The second kappa shape index (κ2) is 8.12. The molecule has 3 aromatic rings. The molecule has 4 rings (SSSR count). The molecule has 1 aliphatic heterocycles. The summed E-state index contributed by atoms with van der Waals surface area (Å²) in [5.41, 5.74) is 2.17. The summed E-state index contributed by atoms with van der Waals surface area (Å²) in [5, 5.41) is 14.2. The van der Waals surface area contributed by atoms with Crippen LogP contribution in [0.1, 0.15) is 34.5 Å². The molecule has 2 N–H and O–H groups in total. The molecule has 0 unspecified atom stereocenters. The first-order valence-corrected chi connectivity index (χ1v) is 9.54. The highest BCUT2D eigenvalue weighted by molar-refractivity contribution is 5.98. The summed E-state index contributed by atoms with van der Waals surface area (Å²) < 4.78 is 21.5. The number of fused-ring (bicyclic) bond motifs is 1. The van der Waals surface area contributed by atoms with Crippen molar-refractivity contribution in [1.29, 1.82) is 0 Å². The number of ether oxygens (including phenoxy) is 1. The number of para-hydroxylation sites is 1. The zero-order valence-electron chi connectivity index (χ0n) is 15.5. The topological polar surface area (TPSA) is 63.5 Å². The van der Waals surface area contributed by atoms with E-state index in [-0.39, 0.29) is 24.2 Å². The van der Waals surface area contributed by atoms with Gasteiger partial charge < -0.3 is 19.7 Å². The SMILES string of the molecule is O=C(O)c1c(CNC[C@H]2CCCO2)c2ccccc2n1Cc1ccccc1F. The number of rotatable bonds is 7. The number of benzene rings is 2. The second-order valence-electron chi connectivity index (χ2n) is 7.09. The van der Waals surface area contributed by atoms with E-state index < -0.39 is 5.97 Å². The molecule has 1 atom stereocenters. The average Bonchev–Trinajstić information content (AvgIpc) is 3.31. The molecular weight excluding hydrogens is 359 g/mol. The molecule has 0 amide bonds. The van der Waals surface area contributed by atoms with Crippen molar-refractivity contribution in [2.75, 3.05) is 13.2 Å². The Labute approximate surface area is 162 Å². The van der Waals surface area contributed by atoms with Gasteiger partial charge in [-0.3, -0.25) is 0 Å². The standard InChI is InChI=1S/C22H23FN2O3/c23-19-9-3-1-6-15(19)14-25-20-10-4-2-8-17(20)18(21(25)22(26)27)13-24-12-16-7-5-11-28-16/h1-4,6,8-10,16,24H,5,7,11-14H2,(H,26,27)/t16-/m1/s1. The summed E-state index contributed by atoms with van der Waals surface area (Å²) in [4.78, 5) is 12.1.